The molecule has 0 saturated heterocycles. The fourth-order valence-corrected chi connectivity index (χ4v) is 4.31. The van der Waals surface area contributed by atoms with Crippen LogP contribution in [0.1, 0.15) is 10.4 Å². The summed E-state index contributed by atoms with van der Waals surface area (Å²) in [5.74, 6) is -0.180. The maximum atomic E-state index is 12.8. The molecule has 5 nitrogen and oxygen atoms in total. The number of benzene rings is 2. The third-order valence-corrected chi connectivity index (χ3v) is 6.18. The summed E-state index contributed by atoms with van der Waals surface area (Å²) in [6.07, 6.45) is 5.39. The number of hydrogen-bond donors (Lipinski definition) is 1. The van der Waals surface area contributed by atoms with Crippen LogP contribution in [-0.2, 0) is 7.05 Å². The Bertz CT molecular complexity index is 1110. The Morgan fingerprint density at radius 1 is 0.862 bits per heavy atom. The van der Waals surface area contributed by atoms with Crippen molar-refractivity contribution in [3.05, 3.63) is 90.9 Å². The molecular weight excluding hydrogens is 400 g/mol. The molecule has 2 heterocycles. The fraction of sp³-hybridized carbons (Fsp3) is 0.0455. The van der Waals surface area contributed by atoms with Crippen LogP contribution in [0.25, 0.3) is 0 Å². The van der Waals surface area contributed by atoms with Crippen molar-refractivity contribution in [1.82, 2.24) is 14.5 Å². The second kappa shape index (κ2) is 8.98. The van der Waals surface area contributed by atoms with Gasteiger partial charge in [0.05, 0.1) is 5.56 Å². The standard InChI is InChI=1S/C22H18N4OS2/c1-26-15-14-24-22(26)29-18-11-9-16(10-12-18)25-20(27)19-8-5-13-23-21(19)28-17-6-3-2-4-7-17/h2-15H,1H3,(H,25,27). The molecule has 2 aromatic carbocycles. The van der Waals surface area contributed by atoms with E-state index in [0.29, 0.717) is 10.6 Å². The number of nitrogens with zero attached hydrogens (tertiary/aromatic N) is 3. The van der Waals surface area contributed by atoms with Gasteiger partial charge in [0.1, 0.15) is 5.03 Å². The van der Waals surface area contributed by atoms with Gasteiger partial charge in [0.25, 0.3) is 5.91 Å². The van der Waals surface area contributed by atoms with Gasteiger partial charge < -0.3 is 9.88 Å². The number of aryl methyl sites for hydroxylation is 1. The van der Waals surface area contributed by atoms with E-state index >= 15 is 0 Å². The van der Waals surface area contributed by atoms with Crippen LogP contribution in [-0.4, -0.2) is 20.4 Å². The van der Waals surface area contributed by atoms with Gasteiger partial charge in [-0.05, 0) is 48.5 Å². The summed E-state index contributed by atoms with van der Waals surface area (Å²) in [7, 11) is 1.96. The van der Waals surface area contributed by atoms with Crippen LogP contribution in [0.5, 0.6) is 0 Å². The van der Waals surface area contributed by atoms with Crippen molar-refractivity contribution in [2.75, 3.05) is 5.32 Å². The molecule has 1 amide bonds. The van der Waals surface area contributed by atoms with Gasteiger partial charge in [-0.1, -0.05) is 41.7 Å². The van der Waals surface area contributed by atoms with Crippen LogP contribution in [0.3, 0.4) is 0 Å². The van der Waals surface area contributed by atoms with E-state index in [2.05, 4.69) is 15.3 Å². The van der Waals surface area contributed by atoms with Crippen molar-refractivity contribution in [1.29, 1.82) is 0 Å². The molecule has 29 heavy (non-hydrogen) atoms. The van der Waals surface area contributed by atoms with Crippen molar-refractivity contribution < 1.29 is 4.79 Å². The number of hydrogen-bond acceptors (Lipinski definition) is 5. The van der Waals surface area contributed by atoms with Gasteiger partial charge in [-0.2, -0.15) is 0 Å². The van der Waals surface area contributed by atoms with Crippen LogP contribution < -0.4 is 5.32 Å². The third-order valence-electron chi connectivity index (χ3n) is 4.07. The summed E-state index contributed by atoms with van der Waals surface area (Å²) in [6.45, 7) is 0. The minimum atomic E-state index is -0.180. The topological polar surface area (TPSA) is 59.8 Å². The van der Waals surface area contributed by atoms with Gasteiger partial charge in [-0.25, -0.2) is 9.97 Å². The largest absolute Gasteiger partial charge is 0.329 e. The molecule has 0 atom stereocenters. The number of pyridine rings is 1. The van der Waals surface area contributed by atoms with Gasteiger partial charge in [-0.3, -0.25) is 4.79 Å². The highest BCUT2D eigenvalue weighted by atomic mass is 32.2. The lowest BCUT2D eigenvalue weighted by molar-refractivity contribution is 0.102. The first-order valence-corrected chi connectivity index (χ1v) is 10.6. The molecule has 0 spiro atoms. The van der Waals surface area contributed by atoms with Crippen LogP contribution in [0.15, 0.2) is 105 Å². The zero-order chi connectivity index (χ0) is 20.1. The van der Waals surface area contributed by atoms with E-state index in [4.69, 9.17) is 0 Å². The molecule has 2 aromatic heterocycles. The van der Waals surface area contributed by atoms with Crippen molar-refractivity contribution in [2.24, 2.45) is 7.05 Å². The van der Waals surface area contributed by atoms with E-state index < -0.39 is 0 Å². The van der Waals surface area contributed by atoms with Crippen molar-refractivity contribution >= 4 is 35.1 Å². The lowest BCUT2D eigenvalue weighted by Gasteiger charge is -2.10. The Balaban J connectivity index is 1.46. The average molecular weight is 419 g/mol. The zero-order valence-electron chi connectivity index (χ0n) is 15.6. The first kappa shape index (κ1) is 19.3. The Morgan fingerprint density at radius 2 is 1.62 bits per heavy atom. The molecule has 4 rings (SSSR count). The van der Waals surface area contributed by atoms with Crippen LogP contribution >= 0.6 is 23.5 Å². The second-order valence-corrected chi connectivity index (χ2v) is 8.28. The fourth-order valence-electron chi connectivity index (χ4n) is 2.61. The molecule has 0 bridgehead atoms. The minimum Gasteiger partial charge on any atom is -0.329 e. The smallest absolute Gasteiger partial charge is 0.258 e. The number of rotatable bonds is 6. The van der Waals surface area contributed by atoms with E-state index in [-0.39, 0.29) is 5.91 Å². The predicted octanol–water partition coefficient (Wildman–Crippen LogP) is 5.37. The SMILES string of the molecule is Cn1ccnc1Sc1ccc(NC(=O)c2cccnc2Sc2ccccc2)cc1. The molecule has 0 radical (unpaired) electrons. The van der Waals surface area contributed by atoms with Gasteiger partial charge in [0.15, 0.2) is 5.16 Å². The van der Waals surface area contributed by atoms with Gasteiger partial charge >= 0.3 is 0 Å². The number of carbonyl (C=O) groups excluding carboxylic acids is 1. The minimum absolute atomic E-state index is 0.180. The van der Waals surface area contributed by atoms with Crippen LogP contribution in [0.2, 0.25) is 0 Å². The summed E-state index contributed by atoms with van der Waals surface area (Å²) in [5, 5.41) is 4.55. The Kier molecular flexibility index (Phi) is 5.97. The van der Waals surface area contributed by atoms with Crippen molar-refractivity contribution in [3.63, 3.8) is 0 Å². The highest BCUT2D eigenvalue weighted by Gasteiger charge is 2.14. The lowest BCUT2D eigenvalue weighted by Crippen LogP contribution is -2.13. The summed E-state index contributed by atoms with van der Waals surface area (Å²) >= 11 is 3.05. The second-order valence-electron chi connectivity index (χ2n) is 6.17. The molecule has 0 unspecified atom stereocenters. The van der Waals surface area contributed by atoms with Crippen molar-refractivity contribution in [2.45, 2.75) is 20.0 Å². The molecule has 0 aliphatic rings. The molecule has 1 N–H and O–H groups in total. The van der Waals surface area contributed by atoms with E-state index in [9.17, 15) is 4.79 Å². The van der Waals surface area contributed by atoms with Crippen LogP contribution in [0, 0.1) is 0 Å². The van der Waals surface area contributed by atoms with Gasteiger partial charge in [0, 0.05) is 41.1 Å². The van der Waals surface area contributed by atoms with Gasteiger partial charge in [-0.15, -0.1) is 0 Å². The quantitative estimate of drug-likeness (QED) is 0.456. The van der Waals surface area contributed by atoms with E-state index in [1.54, 1.807) is 36.3 Å². The summed E-state index contributed by atoms with van der Waals surface area (Å²) in [6, 6.07) is 21.2. The number of carbonyl (C=O) groups is 1. The Labute approximate surface area is 177 Å². The predicted molar refractivity (Wildman–Crippen MR) is 117 cm³/mol. The van der Waals surface area contributed by atoms with Gasteiger partial charge in [0.2, 0.25) is 0 Å². The molecular formula is C22H18N4OS2. The summed E-state index contributed by atoms with van der Waals surface area (Å²) in [4.78, 5) is 23.6. The maximum absolute atomic E-state index is 12.8. The number of imidazole rings is 1. The summed E-state index contributed by atoms with van der Waals surface area (Å²) < 4.78 is 1.97. The zero-order valence-corrected chi connectivity index (χ0v) is 17.3. The molecule has 4 aromatic rings. The molecule has 144 valence electrons. The first-order valence-electron chi connectivity index (χ1n) is 8.93. The number of anilines is 1. The molecule has 0 aliphatic heterocycles. The van der Waals surface area contributed by atoms with Crippen molar-refractivity contribution in [3.8, 4) is 0 Å². The van der Waals surface area contributed by atoms with E-state index in [0.717, 1.165) is 20.6 Å². The molecule has 0 saturated carbocycles. The molecule has 7 heteroatoms. The Morgan fingerprint density at radius 3 is 2.34 bits per heavy atom. The lowest BCUT2D eigenvalue weighted by atomic mass is 10.2. The molecule has 0 fully saturated rings. The number of aromatic nitrogens is 3. The third kappa shape index (κ3) is 4.88. The summed E-state index contributed by atoms with van der Waals surface area (Å²) in [5.41, 5.74) is 1.28. The molecule has 0 aliphatic carbocycles. The highest BCUT2D eigenvalue weighted by molar-refractivity contribution is 7.99. The normalized spacial score (nSPS) is 10.7. The van der Waals surface area contributed by atoms with Crippen LogP contribution in [0.4, 0.5) is 5.69 Å². The highest BCUT2D eigenvalue weighted by Crippen LogP contribution is 2.29. The number of nitrogens with one attached hydrogen (secondary N) is 1. The van der Waals surface area contributed by atoms with E-state index in [1.807, 2.05) is 72.4 Å². The monoisotopic (exact) mass is 418 g/mol. The maximum Gasteiger partial charge on any atom is 0.258 e. The first-order chi connectivity index (χ1) is 14.2. The number of amides is 1. The Hall–Kier alpha value is -3.03. The van der Waals surface area contributed by atoms with E-state index in [1.165, 1.54) is 11.8 Å². The average Bonchev–Trinajstić information content (AvgIpc) is 3.15.